The van der Waals surface area contributed by atoms with Crippen molar-refractivity contribution in [3.8, 4) is 0 Å². The summed E-state index contributed by atoms with van der Waals surface area (Å²) in [6.45, 7) is 0.696. The number of hydrogen-bond donors (Lipinski definition) is 6. The van der Waals surface area contributed by atoms with E-state index in [1.807, 2.05) is 0 Å². The van der Waals surface area contributed by atoms with Crippen LogP contribution in [0.25, 0.3) is 0 Å². The van der Waals surface area contributed by atoms with Crippen molar-refractivity contribution < 1.29 is 54.6 Å². The minimum Gasteiger partial charge on any atom is -0.478 e. The average Bonchev–Trinajstić information content (AvgIpc) is 3.04. The molecule has 0 saturated heterocycles. The fraction of sp³-hybridized carbons (Fsp3) is 0.125. The van der Waals surface area contributed by atoms with Gasteiger partial charge in [0.2, 0.25) is 0 Å². The van der Waals surface area contributed by atoms with E-state index in [1.54, 1.807) is 121 Å². The maximum Gasteiger partial charge on any atom is 0.335 e. The van der Waals surface area contributed by atoms with E-state index >= 15 is 0 Å². The quantitative estimate of drug-likeness (QED) is 0.157. The molecule has 4 rings (SSSR count). The van der Waals surface area contributed by atoms with Gasteiger partial charge in [-0.3, -0.25) is 0 Å². The predicted molar refractivity (Wildman–Crippen MR) is 159 cm³/mol. The summed E-state index contributed by atoms with van der Waals surface area (Å²) in [6.07, 6.45) is 0. The molecule has 0 aliphatic rings. The Morgan fingerprint density at radius 1 is 0.395 bits per heavy atom. The first kappa shape index (κ1) is 37.6. The third-order valence-corrected chi connectivity index (χ3v) is 4.55. The van der Waals surface area contributed by atoms with E-state index in [0.717, 1.165) is 0 Å². The Labute approximate surface area is 248 Å². The maximum absolute atomic E-state index is 10.2. The highest BCUT2D eigenvalue weighted by atomic mass is 16.5. The number of aliphatic hydroxyl groups excluding tert-OH is 2. The zero-order chi connectivity index (χ0) is 32.3. The Hall–Kier alpha value is -5.36. The molecule has 0 aliphatic carbocycles. The molecule has 0 fully saturated rings. The fourth-order valence-electron chi connectivity index (χ4n) is 2.55. The molecule has 4 aromatic carbocycles. The monoisotopic (exact) mass is 594 g/mol. The SMILES string of the molecule is O=C(O)c1ccccc1.O=C(O)c1ccccc1.O=C(O)c1ccccc1.O=C(O)c1ccccc1.OCCOCCO. The topological polar surface area (TPSA) is 199 Å². The molecule has 0 heterocycles. The summed E-state index contributed by atoms with van der Waals surface area (Å²) in [5.41, 5.74) is 1.32. The molecule has 0 spiro atoms. The maximum atomic E-state index is 10.2. The molecule has 11 heteroatoms. The standard InChI is InChI=1S/4C7H6O2.C4H10O3/c4*8-7(9)6-4-2-1-3-5-6;5-1-3-7-4-2-6/h4*1-5H,(H,8,9);5-6H,1-4H2. The predicted octanol–water partition coefficient (Wildman–Crippen LogP) is 4.53. The van der Waals surface area contributed by atoms with Crippen molar-refractivity contribution in [2.45, 2.75) is 0 Å². The molecule has 228 valence electrons. The summed E-state index contributed by atoms with van der Waals surface area (Å²) in [5, 5.41) is 49.7. The second-order valence-electron chi connectivity index (χ2n) is 7.74. The molecule has 0 bridgehead atoms. The van der Waals surface area contributed by atoms with Crippen LogP contribution in [0, 0.1) is 0 Å². The molecule has 0 aromatic heterocycles. The molecule has 11 nitrogen and oxygen atoms in total. The van der Waals surface area contributed by atoms with E-state index in [-0.39, 0.29) is 13.2 Å². The van der Waals surface area contributed by atoms with Gasteiger partial charge in [-0.2, -0.15) is 0 Å². The number of ether oxygens (including phenoxy) is 1. The summed E-state index contributed by atoms with van der Waals surface area (Å²) in [7, 11) is 0. The molecule has 0 saturated carbocycles. The highest BCUT2D eigenvalue weighted by Gasteiger charge is 1.98. The van der Waals surface area contributed by atoms with E-state index in [0.29, 0.717) is 35.5 Å². The van der Waals surface area contributed by atoms with Crippen molar-refractivity contribution in [2.75, 3.05) is 26.4 Å². The summed E-state index contributed by atoms with van der Waals surface area (Å²) in [6, 6.07) is 33.2. The summed E-state index contributed by atoms with van der Waals surface area (Å²) in [5.74, 6) is -3.52. The van der Waals surface area contributed by atoms with E-state index in [1.165, 1.54) is 0 Å². The summed E-state index contributed by atoms with van der Waals surface area (Å²) >= 11 is 0. The van der Waals surface area contributed by atoms with Crippen molar-refractivity contribution in [2.24, 2.45) is 0 Å². The lowest BCUT2D eigenvalue weighted by Crippen LogP contribution is -2.03. The molecule has 0 unspecified atom stereocenters. The molecule has 0 atom stereocenters. The van der Waals surface area contributed by atoms with Crippen molar-refractivity contribution in [3.05, 3.63) is 144 Å². The smallest absolute Gasteiger partial charge is 0.335 e. The van der Waals surface area contributed by atoms with Crippen LogP contribution < -0.4 is 0 Å². The lowest BCUT2D eigenvalue weighted by atomic mass is 10.2. The van der Waals surface area contributed by atoms with Crippen LogP contribution in [0.3, 0.4) is 0 Å². The van der Waals surface area contributed by atoms with Gasteiger partial charge < -0.3 is 35.4 Å². The van der Waals surface area contributed by atoms with Gasteiger partial charge in [0.05, 0.1) is 48.7 Å². The normalized spacial score (nSPS) is 8.98. The van der Waals surface area contributed by atoms with Gasteiger partial charge in [-0.25, -0.2) is 19.2 Å². The number of carboxylic acid groups (broad SMARTS) is 4. The van der Waals surface area contributed by atoms with Crippen LogP contribution in [-0.2, 0) is 4.74 Å². The molecule has 4 aromatic rings. The number of carbonyl (C=O) groups is 4. The number of aliphatic hydroxyl groups is 2. The second-order valence-corrected chi connectivity index (χ2v) is 7.74. The third kappa shape index (κ3) is 20.2. The van der Waals surface area contributed by atoms with E-state index in [4.69, 9.17) is 30.6 Å². The molecule has 0 radical (unpaired) electrons. The highest BCUT2D eigenvalue weighted by Crippen LogP contribution is 1.98. The zero-order valence-corrected chi connectivity index (χ0v) is 23.1. The Balaban J connectivity index is 0.000000515. The van der Waals surface area contributed by atoms with E-state index in [9.17, 15) is 19.2 Å². The van der Waals surface area contributed by atoms with Gasteiger partial charge >= 0.3 is 23.9 Å². The first-order valence-electron chi connectivity index (χ1n) is 12.6. The van der Waals surface area contributed by atoms with Crippen molar-refractivity contribution in [1.82, 2.24) is 0 Å². The molecule has 6 N–H and O–H groups in total. The van der Waals surface area contributed by atoms with Crippen LogP contribution in [0.1, 0.15) is 41.4 Å². The Bertz CT molecular complexity index is 1100. The Morgan fingerprint density at radius 2 is 0.581 bits per heavy atom. The lowest BCUT2D eigenvalue weighted by molar-refractivity contribution is 0.0650. The van der Waals surface area contributed by atoms with Gasteiger partial charge in [-0.15, -0.1) is 0 Å². The molecular weight excluding hydrogens is 560 g/mol. The first-order valence-corrected chi connectivity index (χ1v) is 12.6. The van der Waals surface area contributed by atoms with Gasteiger partial charge in [-0.05, 0) is 48.5 Å². The van der Waals surface area contributed by atoms with Crippen LogP contribution in [-0.4, -0.2) is 80.9 Å². The van der Waals surface area contributed by atoms with E-state index in [2.05, 4.69) is 4.74 Å². The summed E-state index contributed by atoms with van der Waals surface area (Å²) < 4.78 is 4.63. The molecule has 0 aliphatic heterocycles. The largest absolute Gasteiger partial charge is 0.478 e. The number of hydrogen-bond acceptors (Lipinski definition) is 7. The molecule has 0 amide bonds. The highest BCUT2D eigenvalue weighted by molar-refractivity contribution is 5.88. The van der Waals surface area contributed by atoms with Crippen LogP contribution in [0.5, 0.6) is 0 Å². The number of rotatable bonds is 8. The van der Waals surface area contributed by atoms with Gasteiger partial charge in [0.25, 0.3) is 0 Å². The van der Waals surface area contributed by atoms with Gasteiger partial charge in [0, 0.05) is 0 Å². The number of benzene rings is 4. The van der Waals surface area contributed by atoms with Crippen molar-refractivity contribution in [3.63, 3.8) is 0 Å². The first-order chi connectivity index (χ1) is 20.6. The Kier molecular flexibility index (Phi) is 21.4. The zero-order valence-electron chi connectivity index (χ0n) is 23.1. The van der Waals surface area contributed by atoms with Crippen LogP contribution in [0.4, 0.5) is 0 Å². The van der Waals surface area contributed by atoms with Gasteiger partial charge in [-0.1, -0.05) is 72.8 Å². The van der Waals surface area contributed by atoms with Crippen LogP contribution in [0.2, 0.25) is 0 Å². The summed E-state index contributed by atoms with van der Waals surface area (Å²) in [4.78, 5) is 40.8. The second kappa shape index (κ2) is 24.4. The van der Waals surface area contributed by atoms with E-state index < -0.39 is 23.9 Å². The van der Waals surface area contributed by atoms with Gasteiger partial charge in [0.15, 0.2) is 0 Å². The number of carboxylic acids is 4. The minimum atomic E-state index is -0.879. The number of aromatic carboxylic acids is 4. The fourth-order valence-corrected chi connectivity index (χ4v) is 2.55. The lowest BCUT2D eigenvalue weighted by Gasteiger charge is -1.94. The minimum absolute atomic E-state index is 0.0278. The average molecular weight is 595 g/mol. The third-order valence-electron chi connectivity index (χ3n) is 4.55. The van der Waals surface area contributed by atoms with Crippen LogP contribution in [0.15, 0.2) is 121 Å². The molecular formula is C32H34O11. The van der Waals surface area contributed by atoms with Crippen molar-refractivity contribution >= 4 is 23.9 Å². The van der Waals surface area contributed by atoms with Crippen molar-refractivity contribution in [1.29, 1.82) is 0 Å². The molecule has 43 heavy (non-hydrogen) atoms. The van der Waals surface area contributed by atoms with Gasteiger partial charge in [0.1, 0.15) is 0 Å². The Morgan fingerprint density at radius 3 is 0.698 bits per heavy atom. The van der Waals surface area contributed by atoms with Crippen LogP contribution >= 0.6 is 0 Å².